The molecule has 3 nitrogen and oxygen atoms in total. The van der Waals surface area contributed by atoms with E-state index in [2.05, 4.69) is 12.2 Å². The van der Waals surface area contributed by atoms with Gasteiger partial charge in [0.25, 0.3) is 0 Å². The lowest BCUT2D eigenvalue weighted by molar-refractivity contribution is -0.168. The molecule has 0 atom stereocenters. The lowest BCUT2D eigenvalue weighted by Crippen LogP contribution is -2.44. The minimum absolute atomic E-state index is 0.0838. The van der Waals surface area contributed by atoms with Crippen LogP contribution in [0.25, 0.3) is 0 Å². The summed E-state index contributed by atoms with van der Waals surface area (Å²) in [6, 6.07) is 0. The van der Waals surface area contributed by atoms with Crippen molar-refractivity contribution in [1.29, 1.82) is 0 Å². The van der Waals surface area contributed by atoms with Crippen LogP contribution in [0.1, 0.15) is 51.9 Å². The van der Waals surface area contributed by atoms with Crippen molar-refractivity contribution in [1.82, 2.24) is 5.32 Å². The molecule has 1 aliphatic carbocycles. The molecular formula is C13H23NO2. The third-order valence-corrected chi connectivity index (χ3v) is 4.05. The number of piperidine rings is 1. The van der Waals surface area contributed by atoms with Gasteiger partial charge in [-0.3, -0.25) is 4.79 Å². The number of hydrogen-bond acceptors (Lipinski definition) is 3. The highest BCUT2D eigenvalue weighted by molar-refractivity contribution is 5.77. The van der Waals surface area contributed by atoms with E-state index >= 15 is 0 Å². The zero-order valence-corrected chi connectivity index (χ0v) is 10.3. The summed E-state index contributed by atoms with van der Waals surface area (Å²) in [6.07, 6.45) is 7.56. The molecular weight excluding hydrogens is 202 g/mol. The Bertz CT molecular complexity index is 237. The summed E-state index contributed by atoms with van der Waals surface area (Å²) in [5, 5.41) is 3.33. The number of nitrogens with one attached hydrogen (secondary N) is 1. The van der Waals surface area contributed by atoms with Crippen LogP contribution in [0.3, 0.4) is 0 Å². The monoisotopic (exact) mass is 225 g/mol. The van der Waals surface area contributed by atoms with Crippen molar-refractivity contribution in [3.63, 3.8) is 0 Å². The van der Waals surface area contributed by atoms with Gasteiger partial charge in [-0.05, 0) is 51.6 Å². The molecule has 0 aromatic carbocycles. The molecule has 3 heteroatoms. The van der Waals surface area contributed by atoms with Gasteiger partial charge >= 0.3 is 5.97 Å². The second-order valence-corrected chi connectivity index (χ2v) is 5.24. The van der Waals surface area contributed by atoms with E-state index in [1.54, 1.807) is 0 Å². The fourth-order valence-corrected chi connectivity index (χ4v) is 2.71. The lowest BCUT2D eigenvalue weighted by atomic mass is 9.75. The molecule has 0 aromatic rings. The number of carbonyl (C=O) groups is 1. The third-order valence-electron chi connectivity index (χ3n) is 4.05. The van der Waals surface area contributed by atoms with Gasteiger partial charge in [0.1, 0.15) is 6.10 Å². The molecule has 2 aliphatic rings. The number of ether oxygens (including phenoxy) is 1. The highest BCUT2D eigenvalue weighted by atomic mass is 16.5. The van der Waals surface area contributed by atoms with Crippen molar-refractivity contribution in [2.45, 2.75) is 58.0 Å². The molecule has 0 amide bonds. The Morgan fingerprint density at radius 3 is 2.56 bits per heavy atom. The first kappa shape index (κ1) is 11.9. The summed E-state index contributed by atoms with van der Waals surface area (Å²) in [5.41, 5.74) is -0.171. The SMILES string of the molecule is CCCC1(C(=O)OC2CCC2)CCNCC1. The predicted molar refractivity (Wildman–Crippen MR) is 63.2 cm³/mol. The van der Waals surface area contributed by atoms with Crippen LogP contribution in [-0.4, -0.2) is 25.2 Å². The van der Waals surface area contributed by atoms with Crippen molar-refractivity contribution in [3.8, 4) is 0 Å². The minimum atomic E-state index is -0.171. The van der Waals surface area contributed by atoms with E-state index in [0.29, 0.717) is 0 Å². The molecule has 92 valence electrons. The largest absolute Gasteiger partial charge is 0.462 e. The maximum Gasteiger partial charge on any atom is 0.312 e. The van der Waals surface area contributed by atoms with Crippen LogP contribution in [0, 0.1) is 5.41 Å². The van der Waals surface area contributed by atoms with E-state index in [4.69, 9.17) is 4.74 Å². The van der Waals surface area contributed by atoms with E-state index < -0.39 is 0 Å². The van der Waals surface area contributed by atoms with Crippen LogP contribution in [0.15, 0.2) is 0 Å². The Morgan fingerprint density at radius 2 is 2.06 bits per heavy atom. The van der Waals surface area contributed by atoms with E-state index in [0.717, 1.165) is 51.6 Å². The maximum absolute atomic E-state index is 12.3. The molecule has 0 aromatic heterocycles. The van der Waals surface area contributed by atoms with Crippen LogP contribution in [0.4, 0.5) is 0 Å². The molecule has 2 rings (SSSR count). The Morgan fingerprint density at radius 1 is 1.38 bits per heavy atom. The van der Waals surface area contributed by atoms with Crippen molar-refractivity contribution >= 4 is 5.97 Å². The summed E-state index contributed by atoms with van der Waals surface area (Å²) in [4.78, 5) is 12.3. The first-order valence-corrected chi connectivity index (χ1v) is 6.69. The van der Waals surface area contributed by atoms with Crippen molar-refractivity contribution < 1.29 is 9.53 Å². The highest BCUT2D eigenvalue weighted by Crippen LogP contribution is 2.37. The molecule has 1 N–H and O–H groups in total. The van der Waals surface area contributed by atoms with Crippen molar-refractivity contribution in [2.75, 3.05) is 13.1 Å². The van der Waals surface area contributed by atoms with Gasteiger partial charge in [0, 0.05) is 0 Å². The second-order valence-electron chi connectivity index (χ2n) is 5.24. The highest BCUT2D eigenvalue weighted by Gasteiger charge is 2.41. The molecule has 0 unspecified atom stereocenters. The average Bonchev–Trinajstić information content (AvgIpc) is 2.25. The first-order chi connectivity index (χ1) is 7.77. The van der Waals surface area contributed by atoms with Gasteiger partial charge < -0.3 is 10.1 Å². The number of hydrogen-bond donors (Lipinski definition) is 1. The number of carbonyl (C=O) groups excluding carboxylic acids is 1. The van der Waals surface area contributed by atoms with Gasteiger partial charge in [-0.25, -0.2) is 0 Å². The average molecular weight is 225 g/mol. The van der Waals surface area contributed by atoms with Crippen LogP contribution >= 0.6 is 0 Å². The summed E-state index contributed by atoms with van der Waals surface area (Å²) < 4.78 is 5.62. The predicted octanol–water partition coefficient (Wildman–Crippen LogP) is 2.25. The minimum Gasteiger partial charge on any atom is -0.462 e. The Kier molecular flexibility index (Phi) is 3.85. The fourth-order valence-electron chi connectivity index (χ4n) is 2.71. The maximum atomic E-state index is 12.3. The molecule has 1 aliphatic heterocycles. The topological polar surface area (TPSA) is 38.3 Å². The lowest BCUT2D eigenvalue weighted by Gasteiger charge is -2.37. The number of rotatable bonds is 4. The standard InChI is InChI=1S/C13H23NO2/c1-2-6-13(7-9-14-10-8-13)12(15)16-11-4-3-5-11/h11,14H,2-10H2,1H3. The van der Waals surface area contributed by atoms with E-state index in [1.807, 2.05) is 0 Å². The van der Waals surface area contributed by atoms with Crippen molar-refractivity contribution in [3.05, 3.63) is 0 Å². The van der Waals surface area contributed by atoms with Crippen LogP contribution in [0.2, 0.25) is 0 Å². The third kappa shape index (κ3) is 2.40. The first-order valence-electron chi connectivity index (χ1n) is 6.69. The summed E-state index contributed by atoms with van der Waals surface area (Å²) >= 11 is 0. The Balaban J connectivity index is 1.95. The molecule has 0 spiro atoms. The fraction of sp³-hybridized carbons (Fsp3) is 0.923. The van der Waals surface area contributed by atoms with Crippen LogP contribution in [0.5, 0.6) is 0 Å². The normalized spacial score (nSPS) is 24.8. The molecule has 1 saturated carbocycles. The quantitative estimate of drug-likeness (QED) is 0.746. The smallest absolute Gasteiger partial charge is 0.312 e. The zero-order valence-electron chi connectivity index (χ0n) is 10.3. The Hall–Kier alpha value is -0.570. The number of esters is 1. The summed E-state index contributed by atoms with van der Waals surface area (Å²) in [7, 11) is 0. The molecule has 1 saturated heterocycles. The molecule has 16 heavy (non-hydrogen) atoms. The van der Waals surface area contributed by atoms with Gasteiger partial charge in [0.15, 0.2) is 0 Å². The van der Waals surface area contributed by atoms with Gasteiger partial charge in [-0.2, -0.15) is 0 Å². The second kappa shape index (κ2) is 5.17. The van der Waals surface area contributed by atoms with Gasteiger partial charge in [0.2, 0.25) is 0 Å². The van der Waals surface area contributed by atoms with Crippen LogP contribution in [-0.2, 0) is 9.53 Å². The van der Waals surface area contributed by atoms with Gasteiger partial charge in [-0.1, -0.05) is 13.3 Å². The molecule has 0 radical (unpaired) electrons. The summed E-state index contributed by atoms with van der Waals surface area (Å²) in [6.45, 7) is 4.07. The van der Waals surface area contributed by atoms with E-state index in [-0.39, 0.29) is 17.5 Å². The van der Waals surface area contributed by atoms with Crippen molar-refractivity contribution in [2.24, 2.45) is 5.41 Å². The summed E-state index contributed by atoms with van der Waals surface area (Å²) in [5.74, 6) is 0.0838. The Labute approximate surface area is 97.9 Å². The van der Waals surface area contributed by atoms with Gasteiger partial charge in [0.05, 0.1) is 5.41 Å². The zero-order chi connectivity index (χ0) is 11.4. The molecule has 1 heterocycles. The van der Waals surface area contributed by atoms with E-state index in [9.17, 15) is 4.79 Å². The van der Waals surface area contributed by atoms with Gasteiger partial charge in [-0.15, -0.1) is 0 Å². The van der Waals surface area contributed by atoms with Crippen LogP contribution < -0.4 is 5.32 Å². The van der Waals surface area contributed by atoms with E-state index in [1.165, 1.54) is 6.42 Å². The molecule has 2 fully saturated rings. The molecule has 0 bridgehead atoms.